The average molecular weight is 277 g/mol. The largest absolute Gasteiger partial charge is 0.292 e. The third kappa shape index (κ3) is 2.39. The van der Waals surface area contributed by atoms with Gasteiger partial charge in [0, 0.05) is 6.04 Å². The van der Waals surface area contributed by atoms with Crippen LogP contribution in [0.15, 0.2) is 29.1 Å². The normalized spacial score (nSPS) is 16.7. The Hall–Kier alpha value is -1.35. The van der Waals surface area contributed by atoms with Crippen molar-refractivity contribution >= 4 is 22.5 Å². The van der Waals surface area contributed by atoms with Gasteiger partial charge in [0.05, 0.1) is 16.8 Å². The van der Waals surface area contributed by atoms with Crippen LogP contribution in [-0.4, -0.2) is 9.55 Å². The molecule has 1 heterocycles. The molecule has 100 valence electrons. The lowest BCUT2D eigenvalue weighted by molar-refractivity contribution is 0.450. The summed E-state index contributed by atoms with van der Waals surface area (Å²) >= 11 is 5.98. The number of halogens is 1. The molecular weight excluding hydrogens is 260 g/mol. The van der Waals surface area contributed by atoms with E-state index in [2.05, 4.69) is 11.9 Å². The van der Waals surface area contributed by atoms with Crippen LogP contribution in [0.25, 0.3) is 10.9 Å². The van der Waals surface area contributed by atoms with Crippen LogP contribution in [0.3, 0.4) is 0 Å². The first-order valence-electron chi connectivity index (χ1n) is 6.77. The van der Waals surface area contributed by atoms with Gasteiger partial charge in [0.25, 0.3) is 5.56 Å². The number of rotatable bonds is 4. The quantitative estimate of drug-likeness (QED) is 0.801. The number of hydrogen-bond donors (Lipinski definition) is 0. The van der Waals surface area contributed by atoms with Crippen molar-refractivity contribution in [2.75, 3.05) is 0 Å². The van der Waals surface area contributed by atoms with Crippen LogP contribution in [0.1, 0.15) is 38.1 Å². The fourth-order valence-corrected chi connectivity index (χ4v) is 2.87. The van der Waals surface area contributed by atoms with Crippen molar-refractivity contribution in [2.45, 2.75) is 38.1 Å². The van der Waals surface area contributed by atoms with Crippen molar-refractivity contribution < 1.29 is 0 Å². The lowest BCUT2D eigenvalue weighted by Gasteiger charge is -2.18. The highest BCUT2D eigenvalue weighted by molar-refractivity contribution is 6.16. The lowest BCUT2D eigenvalue weighted by Crippen LogP contribution is -2.28. The zero-order valence-corrected chi connectivity index (χ0v) is 11.7. The molecule has 0 bridgehead atoms. The number of hydrogen-bond acceptors (Lipinski definition) is 2. The molecule has 0 saturated heterocycles. The summed E-state index contributed by atoms with van der Waals surface area (Å²) in [7, 11) is 0. The molecule has 1 aliphatic rings. The van der Waals surface area contributed by atoms with Gasteiger partial charge in [0.15, 0.2) is 0 Å². The van der Waals surface area contributed by atoms with Gasteiger partial charge in [0.1, 0.15) is 5.82 Å². The minimum Gasteiger partial charge on any atom is -0.292 e. The fourth-order valence-electron chi connectivity index (χ4n) is 2.68. The Morgan fingerprint density at radius 3 is 2.84 bits per heavy atom. The van der Waals surface area contributed by atoms with E-state index in [9.17, 15) is 4.79 Å². The molecule has 0 spiro atoms. The van der Waals surface area contributed by atoms with Crippen LogP contribution in [-0.2, 0) is 5.88 Å². The number of nitrogens with zero attached hydrogens (tertiary/aromatic N) is 2. The molecule has 0 aliphatic heterocycles. The Morgan fingerprint density at radius 2 is 2.16 bits per heavy atom. The van der Waals surface area contributed by atoms with Gasteiger partial charge in [0.2, 0.25) is 0 Å². The zero-order chi connectivity index (χ0) is 13.4. The van der Waals surface area contributed by atoms with Gasteiger partial charge in [-0.2, -0.15) is 0 Å². The Balaban J connectivity index is 2.14. The van der Waals surface area contributed by atoms with E-state index in [0.29, 0.717) is 11.2 Å². The second kappa shape index (κ2) is 4.97. The minimum atomic E-state index is 0.0365. The summed E-state index contributed by atoms with van der Waals surface area (Å²) in [6, 6.07) is 7.64. The Bertz CT molecular complexity index is 661. The van der Waals surface area contributed by atoms with Crippen LogP contribution in [0.4, 0.5) is 0 Å². The predicted molar refractivity (Wildman–Crippen MR) is 77.6 cm³/mol. The summed E-state index contributed by atoms with van der Waals surface area (Å²) in [6.45, 7) is 2.09. The van der Waals surface area contributed by atoms with Crippen molar-refractivity contribution in [1.29, 1.82) is 0 Å². The SMILES string of the molecule is CC(CC1CC1)n1c(CCl)nc2ccccc2c1=O. The molecule has 1 aromatic heterocycles. The van der Waals surface area contributed by atoms with Gasteiger partial charge in [-0.15, -0.1) is 11.6 Å². The Kier molecular flexibility index (Phi) is 3.31. The molecular formula is C15H17ClN2O. The molecule has 1 fully saturated rings. The van der Waals surface area contributed by atoms with E-state index in [1.165, 1.54) is 12.8 Å². The Labute approximate surface area is 117 Å². The standard InChI is InChI=1S/C15H17ClN2O/c1-10(8-11-6-7-11)18-14(9-16)17-13-5-3-2-4-12(13)15(18)19/h2-5,10-11H,6-9H2,1H3. The van der Waals surface area contributed by atoms with E-state index in [4.69, 9.17) is 11.6 Å². The van der Waals surface area contributed by atoms with E-state index < -0.39 is 0 Å². The molecule has 3 rings (SSSR count). The first-order valence-corrected chi connectivity index (χ1v) is 7.30. The van der Waals surface area contributed by atoms with Crippen molar-refractivity contribution in [3.05, 3.63) is 40.4 Å². The number of para-hydroxylation sites is 1. The van der Waals surface area contributed by atoms with Gasteiger partial charge in [-0.3, -0.25) is 9.36 Å². The first kappa shape index (κ1) is 12.7. The molecule has 0 amide bonds. The fraction of sp³-hybridized carbons (Fsp3) is 0.467. The molecule has 1 aliphatic carbocycles. The van der Waals surface area contributed by atoms with Gasteiger partial charge < -0.3 is 0 Å². The maximum Gasteiger partial charge on any atom is 0.261 e. The highest BCUT2D eigenvalue weighted by atomic mass is 35.5. The highest BCUT2D eigenvalue weighted by Gasteiger charge is 2.26. The van der Waals surface area contributed by atoms with Gasteiger partial charge in [-0.05, 0) is 31.4 Å². The van der Waals surface area contributed by atoms with E-state index in [1.807, 2.05) is 24.3 Å². The summed E-state index contributed by atoms with van der Waals surface area (Å²) in [4.78, 5) is 17.2. The van der Waals surface area contributed by atoms with Crippen LogP contribution in [0, 0.1) is 5.92 Å². The summed E-state index contributed by atoms with van der Waals surface area (Å²) in [6.07, 6.45) is 3.62. The zero-order valence-electron chi connectivity index (χ0n) is 11.0. The van der Waals surface area contributed by atoms with Gasteiger partial charge >= 0.3 is 0 Å². The van der Waals surface area contributed by atoms with Crippen molar-refractivity contribution in [3.8, 4) is 0 Å². The van der Waals surface area contributed by atoms with Gasteiger partial charge in [-0.25, -0.2) is 4.98 Å². The number of benzene rings is 1. The summed E-state index contributed by atoms with van der Waals surface area (Å²) < 4.78 is 1.79. The lowest BCUT2D eigenvalue weighted by atomic mass is 10.1. The number of fused-ring (bicyclic) bond motifs is 1. The molecule has 1 unspecified atom stereocenters. The molecule has 0 radical (unpaired) electrons. The Morgan fingerprint density at radius 1 is 1.42 bits per heavy atom. The number of aromatic nitrogens is 2. The third-order valence-electron chi connectivity index (χ3n) is 3.81. The topological polar surface area (TPSA) is 34.9 Å². The van der Waals surface area contributed by atoms with E-state index in [-0.39, 0.29) is 17.5 Å². The average Bonchev–Trinajstić information content (AvgIpc) is 3.22. The van der Waals surface area contributed by atoms with E-state index in [1.54, 1.807) is 4.57 Å². The van der Waals surface area contributed by atoms with Gasteiger partial charge in [-0.1, -0.05) is 25.0 Å². The molecule has 3 nitrogen and oxygen atoms in total. The van der Waals surface area contributed by atoms with Crippen molar-refractivity contribution in [1.82, 2.24) is 9.55 Å². The van der Waals surface area contributed by atoms with Crippen LogP contribution in [0.2, 0.25) is 0 Å². The molecule has 19 heavy (non-hydrogen) atoms. The van der Waals surface area contributed by atoms with E-state index >= 15 is 0 Å². The van der Waals surface area contributed by atoms with Crippen molar-refractivity contribution in [3.63, 3.8) is 0 Å². The minimum absolute atomic E-state index is 0.0365. The molecule has 4 heteroatoms. The summed E-state index contributed by atoms with van der Waals surface area (Å²) in [5.74, 6) is 1.73. The molecule has 2 aromatic rings. The summed E-state index contributed by atoms with van der Waals surface area (Å²) in [5.41, 5.74) is 0.771. The van der Waals surface area contributed by atoms with Crippen LogP contribution in [0.5, 0.6) is 0 Å². The van der Waals surface area contributed by atoms with E-state index in [0.717, 1.165) is 17.9 Å². The predicted octanol–water partition coefficient (Wildman–Crippen LogP) is 3.50. The molecule has 1 atom stereocenters. The van der Waals surface area contributed by atoms with Crippen LogP contribution >= 0.6 is 11.6 Å². The molecule has 1 aromatic carbocycles. The second-order valence-electron chi connectivity index (χ2n) is 5.38. The maximum absolute atomic E-state index is 12.6. The summed E-state index contributed by atoms with van der Waals surface area (Å²) in [5, 5.41) is 0.680. The van der Waals surface area contributed by atoms with Crippen LogP contribution < -0.4 is 5.56 Å². The number of alkyl halides is 1. The highest BCUT2D eigenvalue weighted by Crippen LogP contribution is 2.36. The monoisotopic (exact) mass is 276 g/mol. The molecule has 1 saturated carbocycles. The second-order valence-corrected chi connectivity index (χ2v) is 5.65. The third-order valence-corrected chi connectivity index (χ3v) is 4.05. The maximum atomic E-state index is 12.6. The smallest absolute Gasteiger partial charge is 0.261 e. The van der Waals surface area contributed by atoms with Crippen molar-refractivity contribution in [2.24, 2.45) is 5.92 Å². The first-order chi connectivity index (χ1) is 9.20. The molecule has 0 N–H and O–H groups in total.